The first-order chi connectivity index (χ1) is 9.09. The van der Waals surface area contributed by atoms with Crippen molar-refractivity contribution in [3.63, 3.8) is 0 Å². The number of halogens is 2. The quantitative estimate of drug-likeness (QED) is 0.854. The van der Waals surface area contributed by atoms with Gasteiger partial charge in [-0.25, -0.2) is 13.8 Å². The zero-order valence-electron chi connectivity index (χ0n) is 10.5. The fourth-order valence-electron chi connectivity index (χ4n) is 2.38. The van der Waals surface area contributed by atoms with Crippen molar-refractivity contribution in [3.05, 3.63) is 16.1 Å². The molecule has 3 nitrogen and oxygen atoms in total. The first-order valence-corrected chi connectivity index (χ1v) is 7.38. The predicted molar refractivity (Wildman–Crippen MR) is 68.2 cm³/mol. The lowest BCUT2D eigenvalue weighted by atomic mass is 10.0. The number of nitrogens with zero attached hydrogens (tertiary/aromatic N) is 3. The van der Waals surface area contributed by atoms with Crippen molar-refractivity contribution in [3.8, 4) is 6.07 Å². The molecule has 1 saturated carbocycles. The number of aromatic nitrogens is 1. The molecule has 19 heavy (non-hydrogen) atoms. The van der Waals surface area contributed by atoms with E-state index in [1.165, 1.54) is 12.8 Å². The number of rotatable bonds is 3. The highest BCUT2D eigenvalue weighted by atomic mass is 32.1. The van der Waals surface area contributed by atoms with E-state index in [2.05, 4.69) is 11.1 Å². The zero-order chi connectivity index (χ0) is 13.5. The van der Waals surface area contributed by atoms with E-state index in [0.717, 1.165) is 9.88 Å². The summed E-state index contributed by atoms with van der Waals surface area (Å²) in [6.45, 7) is 0.559. The summed E-state index contributed by atoms with van der Waals surface area (Å²) in [6.07, 6.45) is 3.80. The summed E-state index contributed by atoms with van der Waals surface area (Å²) in [7, 11) is 0. The average molecular weight is 283 g/mol. The monoisotopic (exact) mass is 283 g/mol. The van der Waals surface area contributed by atoms with Crippen LogP contribution in [-0.4, -0.2) is 28.9 Å². The fourth-order valence-corrected chi connectivity index (χ4v) is 3.55. The third kappa shape index (κ3) is 2.77. The van der Waals surface area contributed by atoms with E-state index >= 15 is 0 Å². The number of nitriles is 1. The Labute approximate surface area is 114 Å². The molecule has 102 valence electrons. The fraction of sp³-hybridized carbons (Fsp3) is 0.692. The van der Waals surface area contributed by atoms with Gasteiger partial charge in [-0.05, 0) is 12.8 Å². The van der Waals surface area contributed by atoms with E-state index in [4.69, 9.17) is 0 Å². The molecule has 2 aliphatic rings. The van der Waals surface area contributed by atoms with Crippen molar-refractivity contribution in [2.75, 3.05) is 13.1 Å². The van der Waals surface area contributed by atoms with E-state index in [-0.39, 0.29) is 25.9 Å². The minimum Gasteiger partial charge on any atom is -0.283 e. The number of likely N-dealkylation sites (tertiary alicyclic amines) is 1. The molecular weight excluding hydrogens is 268 g/mol. The second kappa shape index (κ2) is 4.80. The summed E-state index contributed by atoms with van der Waals surface area (Å²) in [6, 6.07) is 1.82. The minimum atomic E-state index is -2.57. The van der Waals surface area contributed by atoms with Gasteiger partial charge in [-0.2, -0.15) is 5.26 Å². The van der Waals surface area contributed by atoms with Gasteiger partial charge in [-0.3, -0.25) is 4.90 Å². The highest BCUT2D eigenvalue weighted by molar-refractivity contribution is 7.11. The molecule has 0 N–H and O–H groups in total. The van der Waals surface area contributed by atoms with Crippen molar-refractivity contribution in [2.45, 2.75) is 43.6 Å². The SMILES string of the molecule is N#CC(c1cnc(C2CC2)s1)N1CCC(F)(F)CC1. The molecule has 2 heterocycles. The van der Waals surface area contributed by atoms with Crippen molar-refractivity contribution in [1.29, 1.82) is 5.26 Å². The lowest BCUT2D eigenvalue weighted by molar-refractivity contribution is -0.0592. The van der Waals surface area contributed by atoms with Crippen LogP contribution in [0.3, 0.4) is 0 Å². The van der Waals surface area contributed by atoms with Crippen LogP contribution >= 0.6 is 11.3 Å². The van der Waals surface area contributed by atoms with Gasteiger partial charge < -0.3 is 0 Å². The topological polar surface area (TPSA) is 39.9 Å². The Morgan fingerprint density at radius 1 is 1.42 bits per heavy atom. The van der Waals surface area contributed by atoms with E-state index in [1.54, 1.807) is 17.5 Å². The summed E-state index contributed by atoms with van der Waals surface area (Å²) in [4.78, 5) is 7.11. The normalized spacial score (nSPS) is 24.9. The highest BCUT2D eigenvalue weighted by Gasteiger charge is 2.37. The van der Waals surface area contributed by atoms with Crippen LogP contribution < -0.4 is 0 Å². The van der Waals surface area contributed by atoms with Gasteiger partial charge in [0.05, 0.1) is 16.0 Å². The third-order valence-corrected chi connectivity index (χ3v) is 4.97. The second-order valence-corrected chi connectivity index (χ2v) is 6.39. The summed E-state index contributed by atoms with van der Waals surface area (Å²) < 4.78 is 26.3. The Morgan fingerprint density at radius 2 is 2.11 bits per heavy atom. The summed E-state index contributed by atoms with van der Waals surface area (Å²) in [5.41, 5.74) is 0. The molecule has 3 rings (SSSR count). The Bertz CT molecular complexity index is 494. The number of hydrogen-bond acceptors (Lipinski definition) is 4. The molecule has 0 bridgehead atoms. The van der Waals surface area contributed by atoms with Crippen LogP contribution in [0.1, 0.15) is 47.5 Å². The summed E-state index contributed by atoms with van der Waals surface area (Å²) >= 11 is 1.57. The molecule has 0 aromatic carbocycles. The second-order valence-electron chi connectivity index (χ2n) is 5.30. The summed E-state index contributed by atoms with van der Waals surface area (Å²) in [5.74, 6) is -1.99. The molecule has 0 spiro atoms. The van der Waals surface area contributed by atoms with Crippen LogP contribution in [0.15, 0.2) is 6.20 Å². The maximum atomic E-state index is 13.1. The number of thiazole rings is 1. The molecule has 1 saturated heterocycles. The van der Waals surface area contributed by atoms with E-state index in [0.29, 0.717) is 5.92 Å². The van der Waals surface area contributed by atoms with Crippen molar-refractivity contribution < 1.29 is 8.78 Å². The Morgan fingerprint density at radius 3 is 2.68 bits per heavy atom. The van der Waals surface area contributed by atoms with Crippen LogP contribution in [0.2, 0.25) is 0 Å². The molecule has 6 heteroatoms. The zero-order valence-corrected chi connectivity index (χ0v) is 11.3. The maximum absolute atomic E-state index is 13.1. The predicted octanol–water partition coefficient (Wildman–Crippen LogP) is 3.32. The van der Waals surface area contributed by atoms with Gasteiger partial charge >= 0.3 is 0 Å². The van der Waals surface area contributed by atoms with Crippen molar-refractivity contribution >= 4 is 11.3 Å². The number of alkyl halides is 2. The van der Waals surface area contributed by atoms with Crippen LogP contribution in [0.4, 0.5) is 8.78 Å². The lowest BCUT2D eigenvalue weighted by Crippen LogP contribution is -2.40. The van der Waals surface area contributed by atoms with Gasteiger partial charge in [-0.1, -0.05) is 0 Å². The Hall–Kier alpha value is -1.06. The van der Waals surface area contributed by atoms with Crippen LogP contribution in [0.25, 0.3) is 0 Å². The van der Waals surface area contributed by atoms with E-state index in [1.807, 2.05) is 4.90 Å². The Kier molecular flexibility index (Phi) is 3.27. The number of piperidine rings is 1. The van der Waals surface area contributed by atoms with Gasteiger partial charge in [0.25, 0.3) is 5.92 Å². The molecule has 0 radical (unpaired) electrons. The largest absolute Gasteiger partial charge is 0.283 e. The van der Waals surface area contributed by atoms with E-state index in [9.17, 15) is 14.0 Å². The van der Waals surface area contributed by atoms with Gasteiger partial charge in [0, 0.05) is 38.0 Å². The minimum absolute atomic E-state index is 0.153. The molecule has 1 aliphatic heterocycles. The van der Waals surface area contributed by atoms with Gasteiger partial charge in [0.2, 0.25) is 0 Å². The molecule has 1 unspecified atom stereocenters. The van der Waals surface area contributed by atoms with Gasteiger partial charge in [0.1, 0.15) is 6.04 Å². The molecule has 1 aliphatic carbocycles. The van der Waals surface area contributed by atoms with Crippen LogP contribution in [0, 0.1) is 11.3 Å². The molecular formula is C13H15F2N3S. The smallest absolute Gasteiger partial charge is 0.250 e. The van der Waals surface area contributed by atoms with Crippen molar-refractivity contribution in [2.24, 2.45) is 0 Å². The third-order valence-electron chi connectivity index (χ3n) is 3.75. The van der Waals surface area contributed by atoms with Crippen LogP contribution in [0.5, 0.6) is 0 Å². The first kappa shape index (κ1) is 12.9. The molecule has 1 atom stereocenters. The molecule has 0 amide bonds. The first-order valence-electron chi connectivity index (χ1n) is 6.56. The standard InChI is InChI=1S/C13H15F2N3S/c14-13(15)3-5-18(6-4-13)10(7-16)11-8-17-12(19-11)9-1-2-9/h8-10H,1-6H2. The summed E-state index contributed by atoms with van der Waals surface area (Å²) in [5, 5.41) is 10.4. The van der Waals surface area contributed by atoms with E-state index < -0.39 is 12.0 Å². The highest BCUT2D eigenvalue weighted by Crippen LogP contribution is 2.43. The van der Waals surface area contributed by atoms with Gasteiger partial charge in [-0.15, -0.1) is 11.3 Å². The van der Waals surface area contributed by atoms with Crippen molar-refractivity contribution in [1.82, 2.24) is 9.88 Å². The Balaban J connectivity index is 1.71. The molecule has 1 aromatic heterocycles. The number of hydrogen-bond donors (Lipinski definition) is 0. The average Bonchev–Trinajstić information content (AvgIpc) is 3.12. The maximum Gasteiger partial charge on any atom is 0.250 e. The van der Waals surface area contributed by atoms with Gasteiger partial charge in [0.15, 0.2) is 0 Å². The molecule has 2 fully saturated rings. The lowest BCUT2D eigenvalue weighted by Gasteiger charge is -2.33. The molecule has 1 aromatic rings. The van der Waals surface area contributed by atoms with Crippen LogP contribution in [-0.2, 0) is 0 Å².